The lowest BCUT2D eigenvalue weighted by atomic mass is 10.1. The lowest BCUT2D eigenvalue weighted by Gasteiger charge is -2.24. The van der Waals surface area contributed by atoms with Crippen molar-refractivity contribution in [2.45, 2.75) is 76.9 Å². The minimum absolute atomic E-state index is 0.0190. The Morgan fingerprint density at radius 3 is 2.45 bits per heavy atom. The number of nitrogens with one attached hydrogen (secondary N) is 2. The number of aromatic nitrogens is 3. The topological polar surface area (TPSA) is 88.9 Å². The fourth-order valence-electron chi connectivity index (χ4n) is 2.81. The van der Waals surface area contributed by atoms with Gasteiger partial charge in [-0.15, -0.1) is 10.2 Å². The maximum Gasteiger partial charge on any atom is 0.233 e. The molecule has 2 N–H and O–H groups in total. The summed E-state index contributed by atoms with van der Waals surface area (Å²) in [4.78, 5) is 25.1. The van der Waals surface area contributed by atoms with Crippen molar-refractivity contribution < 1.29 is 9.59 Å². The summed E-state index contributed by atoms with van der Waals surface area (Å²) < 4.78 is 1.90. The van der Waals surface area contributed by atoms with E-state index in [0.717, 1.165) is 11.3 Å². The second-order valence-corrected chi connectivity index (χ2v) is 9.11. The van der Waals surface area contributed by atoms with Gasteiger partial charge in [-0.3, -0.25) is 9.59 Å². The normalized spacial score (nSPS) is 12.5. The molecule has 0 aliphatic carbocycles. The minimum atomic E-state index is -0.289. The first kappa shape index (κ1) is 22.9. The Balaban J connectivity index is 2.10. The van der Waals surface area contributed by atoms with Gasteiger partial charge in [-0.2, -0.15) is 0 Å². The number of benzene rings is 1. The molecule has 1 heterocycles. The van der Waals surface area contributed by atoms with E-state index in [2.05, 4.69) is 20.8 Å². The van der Waals surface area contributed by atoms with Crippen LogP contribution in [0.1, 0.15) is 52.4 Å². The second kappa shape index (κ2) is 9.91. The summed E-state index contributed by atoms with van der Waals surface area (Å²) in [5.41, 5.74) is 1.51. The van der Waals surface area contributed by atoms with Gasteiger partial charge in [-0.05, 0) is 52.7 Å². The average Bonchev–Trinajstić information content (AvgIpc) is 3.01. The molecule has 2 aromatic rings. The van der Waals surface area contributed by atoms with Crippen molar-refractivity contribution in [3.63, 3.8) is 0 Å². The van der Waals surface area contributed by atoms with Crippen LogP contribution in [0.2, 0.25) is 0 Å². The van der Waals surface area contributed by atoms with Gasteiger partial charge >= 0.3 is 0 Å². The van der Waals surface area contributed by atoms with Crippen LogP contribution >= 0.6 is 11.8 Å². The number of aryl methyl sites for hydroxylation is 1. The van der Waals surface area contributed by atoms with Gasteiger partial charge in [0.2, 0.25) is 11.8 Å². The standard InChI is InChI=1S/C21H31N5O2S/c1-7-16(19(28)23-21(4,5)6)29-20-25-24-17(26(20)8-2)13-18(27)22-15-12-10-9-11-14(15)3/h9-12,16H,7-8,13H2,1-6H3,(H,22,27)(H,23,28)/t16-/m0/s1. The van der Waals surface area contributed by atoms with Crippen LogP contribution in [0.4, 0.5) is 5.69 Å². The highest BCUT2D eigenvalue weighted by molar-refractivity contribution is 8.00. The summed E-state index contributed by atoms with van der Waals surface area (Å²) in [7, 11) is 0. The predicted molar refractivity (Wildman–Crippen MR) is 117 cm³/mol. The highest BCUT2D eigenvalue weighted by Crippen LogP contribution is 2.25. The van der Waals surface area contributed by atoms with Crippen LogP contribution in [0.15, 0.2) is 29.4 Å². The summed E-state index contributed by atoms with van der Waals surface area (Å²) >= 11 is 1.39. The number of para-hydroxylation sites is 1. The Bertz CT molecular complexity index is 857. The van der Waals surface area contributed by atoms with E-state index in [-0.39, 0.29) is 29.0 Å². The average molecular weight is 418 g/mol. The fourth-order valence-corrected chi connectivity index (χ4v) is 3.84. The number of rotatable bonds is 8. The van der Waals surface area contributed by atoms with Crippen molar-refractivity contribution in [1.82, 2.24) is 20.1 Å². The molecule has 0 saturated carbocycles. The van der Waals surface area contributed by atoms with E-state index >= 15 is 0 Å². The highest BCUT2D eigenvalue weighted by atomic mass is 32.2. The third-order valence-electron chi connectivity index (χ3n) is 4.26. The SMILES string of the molecule is CC[C@H](Sc1nnc(CC(=O)Nc2ccccc2C)n1CC)C(=O)NC(C)(C)C. The van der Waals surface area contributed by atoms with Crippen molar-refractivity contribution in [1.29, 1.82) is 0 Å². The van der Waals surface area contributed by atoms with Crippen LogP contribution < -0.4 is 10.6 Å². The number of amides is 2. The Morgan fingerprint density at radius 1 is 1.17 bits per heavy atom. The molecule has 1 atom stereocenters. The number of thioether (sulfide) groups is 1. The predicted octanol–water partition coefficient (Wildman–Crippen LogP) is 3.57. The van der Waals surface area contributed by atoms with E-state index in [1.807, 2.05) is 70.4 Å². The Hall–Kier alpha value is -2.35. The summed E-state index contributed by atoms with van der Waals surface area (Å²) in [6.45, 7) is 12.4. The van der Waals surface area contributed by atoms with Crippen LogP contribution in [-0.2, 0) is 22.6 Å². The molecule has 29 heavy (non-hydrogen) atoms. The smallest absolute Gasteiger partial charge is 0.233 e. The molecule has 2 amide bonds. The Morgan fingerprint density at radius 2 is 1.86 bits per heavy atom. The third-order valence-corrected chi connectivity index (χ3v) is 5.60. The van der Waals surface area contributed by atoms with Crippen molar-refractivity contribution >= 4 is 29.3 Å². The molecule has 0 aliphatic rings. The van der Waals surface area contributed by atoms with Gasteiger partial charge in [0.1, 0.15) is 5.82 Å². The van der Waals surface area contributed by atoms with Gasteiger partial charge in [0.15, 0.2) is 5.16 Å². The van der Waals surface area contributed by atoms with E-state index in [1.165, 1.54) is 11.8 Å². The number of hydrogen-bond acceptors (Lipinski definition) is 5. The lowest BCUT2D eigenvalue weighted by Crippen LogP contribution is -2.44. The molecule has 7 nitrogen and oxygen atoms in total. The Labute approximate surface area is 177 Å². The monoisotopic (exact) mass is 417 g/mol. The van der Waals surface area contributed by atoms with Crippen LogP contribution in [0.3, 0.4) is 0 Å². The molecule has 158 valence electrons. The van der Waals surface area contributed by atoms with Crippen molar-refractivity contribution in [2.75, 3.05) is 5.32 Å². The third kappa shape index (κ3) is 6.59. The molecular formula is C21H31N5O2S. The maximum absolute atomic E-state index is 12.6. The first-order chi connectivity index (χ1) is 13.6. The molecule has 0 fully saturated rings. The lowest BCUT2D eigenvalue weighted by molar-refractivity contribution is -0.122. The largest absolute Gasteiger partial charge is 0.351 e. The van der Waals surface area contributed by atoms with E-state index in [1.54, 1.807) is 0 Å². The number of anilines is 1. The number of hydrogen-bond donors (Lipinski definition) is 2. The van der Waals surface area contributed by atoms with Crippen LogP contribution in [0, 0.1) is 6.92 Å². The molecule has 0 unspecified atom stereocenters. The molecular weight excluding hydrogens is 386 g/mol. The van der Waals surface area contributed by atoms with Crippen molar-refractivity contribution in [3.05, 3.63) is 35.7 Å². The van der Waals surface area contributed by atoms with E-state index in [0.29, 0.717) is 23.9 Å². The van der Waals surface area contributed by atoms with Gasteiger partial charge in [-0.1, -0.05) is 36.9 Å². The van der Waals surface area contributed by atoms with Gasteiger partial charge in [0.25, 0.3) is 0 Å². The first-order valence-electron chi connectivity index (χ1n) is 9.90. The fraction of sp³-hybridized carbons (Fsp3) is 0.524. The van der Waals surface area contributed by atoms with Gasteiger partial charge in [0, 0.05) is 17.8 Å². The van der Waals surface area contributed by atoms with Crippen LogP contribution in [0.25, 0.3) is 0 Å². The molecule has 1 aromatic carbocycles. The molecule has 0 radical (unpaired) electrons. The van der Waals surface area contributed by atoms with E-state index in [4.69, 9.17) is 0 Å². The summed E-state index contributed by atoms with van der Waals surface area (Å²) in [5, 5.41) is 14.8. The molecule has 8 heteroatoms. The summed E-state index contributed by atoms with van der Waals surface area (Å²) in [6, 6.07) is 7.65. The number of nitrogens with zero attached hydrogens (tertiary/aromatic N) is 3. The van der Waals surface area contributed by atoms with Crippen molar-refractivity contribution in [2.24, 2.45) is 0 Å². The van der Waals surface area contributed by atoms with Gasteiger partial charge in [0.05, 0.1) is 11.7 Å². The quantitative estimate of drug-likeness (QED) is 0.641. The number of carbonyl (C=O) groups is 2. The molecule has 1 aromatic heterocycles. The first-order valence-corrected chi connectivity index (χ1v) is 10.8. The van der Waals surface area contributed by atoms with Gasteiger partial charge in [-0.25, -0.2) is 0 Å². The van der Waals surface area contributed by atoms with Gasteiger partial charge < -0.3 is 15.2 Å². The molecule has 0 saturated heterocycles. The van der Waals surface area contributed by atoms with E-state index in [9.17, 15) is 9.59 Å². The van der Waals surface area contributed by atoms with Crippen molar-refractivity contribution in [3.8, 4) is 0 Å². The van der Waals surface area contributed by atoms with Crippen LogP contribution in [0.5, 0.6) is 0 Å². The minimum Gasteiger partial charge on any atom is -0.351 e. The zero-order valence-electron chi connectivity index (χ0n) is 18.1. The zero-order valence-corrected chi connectivity index (χ0v) is 18.9. The number of carbonyl (C=O) groups excluding carboxylic acids is 2. The second-order valence-electron chi connectivity index (χ2n) is 7.94. The summed E-state index contributed by atoms with van der Waals surface area (Å²) in [5.74, 6) is 0.428. The maximum atomic E-state index is 12.6. The molecule has 0 spiro atoms. The molecule has 2 rings (SSSR count). The van der Waals surface area contributed by atoms with Crippen LogP contribution in [-0.4, -0.2) is 37.4 Å². The highest BCUT2D eigenvalue weighted by Gasteiger charge is 2.25. The Kier molecular flexibility index (Phi) is 7.84. The van der Waals surface area contributed by atoms with E-state index < -0.39 is 0 Å². The summed E-state index contributed by atoms with van der Waals surface area (Å²) in [6.07, 6.45) is 0.799. The zero-order chi connectivity index (χ0) is 21.6. The molecule has 0 bridgehead atoms. The molecule has 0 aliphatic heterocycles.